The standard InChI is InChI=1S/C11H18N2OS2/c1-9(7-14-3)12-11(15)13(2)6-10-4-5-16-8-10/h4-5,8-9H,6-7H2,1-3H3,(H,12,15). The van der Waals surface area contributed by atoms with Crippen LogP contribution in [0.15, 0.2) is 16.8 Å². The minimum Gasteiger partial charge on any atom is -0.383 e. The zero-order valence-corrected chi connectivity index (χ0v) is 11.5. The van der Waals surface area contributed by atoms with Gasteiger partial charge in [-0.1, -0.05) is 0 Å². The van der Waals surface area contributed by atoms with E-state index in [4.69, 9.17) is 17.0 Å². The maximum absolute atomic E-state index is 5.30. The van der Waals surface area contributed by atoms with Gasteiger partial charge in [-0.3, -0.25) is 0 Å². The largest absolute Gasteiger partial charge is 0.383 e. The van der Waals surface area contributed by atoms with Crippen LogP contribution < -0.4 is 5.32 Å². The first-order chi connectivity index (χ1) is 7.63. The van der Waals surface area contributed by atoms with Crippen LogP contribution in [0.2, 0.25) is 0 Å². The molecule has 1 N–H and O–H groups in total. The number of hydrogen-bond donors (Lipinski definition) is 1. The Morgan fingerprint density at radius 3 is 3.00 bits per heavy atom. The number of nitrogens with one attached hydrogen (secondary N) is 1. The summed E-state index contributed by atoms with van der Waals surface area (Å²) in [6.07, 6.45) is 0. The van der Waals surface area contributed by atoms with Crippen molar-refractivity contribution >= 4 is 28.7 Å². The number of methoxy groups -OCH3 is 1. The lowest BCUT2D eigenvalue weighted by atomic mass is 10.3. The summed E-state index contributed by atoms with van der Waals surface area (Å²) in [5, 5.41) is 8.20. The first kappa shape index (κ1) is 13.4. The molecule has 1 aromatic rings. The smallest absolute Gasteiger partial charge is 0.169 e. The summed E-state index contributed by atoms with van der Waals surface area (Å²) in [6, 6.07) is 2.35. The van der Waals surface area contributed by atoms with Crippen LogP contribution in [-0.2, 0) is 11.3 Å². The quantitative estimate of drug-likeness (QED) is 0.817. The molecule has 16 heavy (non-hydrogen) atoms. The normalized spacial score (nSPS) is 12.2. The van der Waals surface area contributed by atoms with Gasteiger partial charge in [0.25, 0.3) is 0 Å². The number of thiocarbonyl (C=S) groups is 1. The van der Waals surface area contributed by atoms with Crippen molar-refractivity contribution in [3.8, 4) is 0 Å². The average molecular weight is 258 g/mol. The molecule has 0 aromatic carbocycles. The highest BCUT2D eigenvalue weighted by Gasteiger charge is 2.08. The molecule has 0 bridgehead atoms. The molecule has 0 radical (unpaired) electrons. The number of thiophene rings is 1. The van der Waals surface area contributed by atoms with Crippen molar-refractivity contribution in [2.24, 2.45) is 0 Å². The molecule has 1 atom stereocenters. The third-order valence-corrected chi connectivity index (χ3v) is 3.29. The Morgan fingerprint density at radius 2 is 2.44 bits per heavy atom. The molecule has 0 amide bonds. The van der Waals surface area contributed by atoms with Crippen LogP contribution in [-0.4, -0.2) is 36.8 Å². The van der Waals surface area contributed by atoms with Crippen molar-refractivity contribution in [2.75, 3.05) is 20.8 Å². The van der Waals surface area contributed by atoms with E-state index in [2.05, 4.69) is 22.1 Å². The van der Waals surface area contributed by atoms with Crippen LogP contribution in [0.5, 0.6) is 0 Å². The Hall–Kier alpha value is -0.650. The van der Waals surface area contributed by atoms with Crippen molar-refractivity contribution in [2.45, 2.75) is 19.5 Å². The molecule has 3 nitrogen and oxygen atoms in total. The monoisotopic (exact) mass is 258 g/mol. The molecule has 1 rings (SSSR count). The summed E-state index contributed by atoms with van der Waals surface area (Å²) in [5.41, 5.74) is 1.29. The van der Waals surface area contributed by atoms with Crippen LogP contribution in [0.4, 0.5) is 0 Å². The second-order valence-electron chi connectivity index (χ2n) is 3.79. The van der Waals surface area contributed by atoms with Gasteiger partial charge in [0, 0.05) is 26.7 Å². The summed E-state index contributed by atoms with van der Waals surface area (Å²) in [6.45, 7) is 3.55. The summed E-state index contributed by atoms with van der Waals surface area (Å²) in [5.74, 6) is 0. The van der Waals surface area contributed by atoms with E-state index in [1.807, 2.05) is 18.9 Å². The number of hydrogen-bond acceptors (Lipinski definition) is 3. The molecule has 5 heteroatoms. The van der Waals surface area contributed by atoms with Crippen LogP contribution in [0, 0.1) is 0 Å². The lowest BCUT2D eigenvalue weighted by Crippen LogP contribution is -2.43. The van der Waals surface area contributed by atoms with Gasteiger partial charge >= 0.3 is 0 Å². The number of nitrogens with zero attached hydrogens (tertiary/aromatic N) is 1. The van der Waals surface area contributed by atoms with E-state index >= 15 is 0 Å². The fourth-order valence-corrected chi connectivity index (χ4v) is 2.27. The Labute approximate surface area is 106 Å². The highest BCUT2D eigenvalue weighted by molar-refractivity contribution is 7.80. The van der Waals surface area contributed by atoms with Gasteiger partial charge in [-0.15, -0.1) is 0 Å². The van der Waals surface area contributed by atoms with E-state index in [1.165, 1.54) is 5.56 Å². The van der Waals surface area contributed by atoms with Gasteiger partial charge in [0.2, 0.25) is 0 Å². The van der Waals surface area contributed by atoms with E-state index in [9.17, 15) is 0 Å². The lowest BCUT2D eigenvalue weighted by molar-refractivity contribution is 0.178. The average Bonchev–Trinajstić information content (AvgIpc) is 2.70. The van der Waals surface area contributed by atoms with Gasteiger partial charge in [0.1, 0.15) is 0 Å². The Balaban J connectivity index is 2.36. The second kappa shape index (κ2) is 6.83. The van der Waals surface area contributed by atoms with Gasteiger partial charge < -0.3 is 15.0 Å². The number of ether oxygens (including phenoxy) is 1. The molecule has 0 fully saturated rings. The molecule has 1 unspecified atom stereocenters. The number of rotatable bonds is 5. The van der Waals surface area contributed by atoms with Crippen LogP contribution >= 0.6 is 23.6 Å². The van der Waals surface area contributed by atoms with Gasteiger partial charge in [0.15, 0.2) is 5.11 Å². The predicted octanol–water partition coefficient (Wildman–Crippen LogP) is 2.09. The summed E-state index contributed by atoms with van der Waals surface area (Å²) in [4.78, 5) is 2.03. The molecule has 0 spiro atoms. The van der Waals surface area contributed by atoms with Gasteiger partial charge in [-0.05, 0) is 41.5 Å². The molecular weight excluding hydrogens is 240 g/mol. The molecule has 1 heterocycles. The fourth-order valence-electron chi connectivity index (χ4n) is 1.34. The van der Waals surface area contributed by atoms with Crippen LogP contribution in [0.25, 0.3) is 0 Å². The molecular formula is C11H18N2OS2. The predicted molar refractivity (Wildman–Crippen MR) is 72.9 cm³/mol. The SMILES string of the molecule is COCC(C)NC(=S)N(C)Cc1ccsc1. The minimum absolute atomic E-state index is 0.238. The lowest BCUT2D eigenvalue weighted by Gasteiger charge is -2.23. The van der Waals surface area contributed by atoms with Crippen molar-refractivity contribution in [3.05, 3.63) is 22.4 Å². The molecule has 1 aromatic heterocycles. The highest BCUT2D eigenvalue weighted by Crippen LogP contribution is 2.08. The third-order valence-electron chi connectivity index (χ3n) is 2.13. The first-order valence-corrected chi connectivity index (χ1v) is 6.50. The van der Waals surface area contributed by atoms with E-state index in [1.54, 1.807) is 18.4 Å². The van der Waals surface area contributed by atoms with Gasteiger partial charge in [-0.2, -0.15) is 11.3 Å². The van der Waals surface area contributed by atoms with Crippen LogP contribution in [0.1, 0.15) is 12.5 Å². The second-order valence-corrected chi connectivity index (χ2v) is 4.96. The Kier molecular flexibility index (Phi) is 5.73. The van der Waals surface area contributed by atoms with Crippen LogP contribution in [0.3, 0.4) is 0 Å². The van der Waals surface area contributed by atoms with Crippen molar-refractivity contribution in [3.63, 3.8) is 0 Å². The highest BCUT2D eigenvalue weighted by atomic mass is 32.1. The first-order valence-electron chi connectivity index (χ1n) is 5.15. The topological polar surface area (TPSA) is 24.5 Å². The maximum atomic E-state index is 5.30. The zero-order chi connectivity index (χ0) is 12.0. The zero-order valence-electron chi connectivity index (χ0n) is 9.90. The summed E-state index contributed by atoms with van der Waals surface area (Å²) in [7, 11) is 3.68. The Morgan fingerprint density at radius 1 is 1.69 bits per heavy atom. The molecule has 0 saturated heterocycles. The molecule has 0 aliphatic rings. The van der Waals surface area contributed by atoms with Crippen molar-refractivity contribution in [1.82, 2.24) is 10.2 Å². The fraction of sp³-hybridized carbons (Fsp3) is 0.545. The van der Waals surface area contributed by atoms with Gasteiger partial charge in [0.05, 0.1) is 6.61 Å². The molecule has 0 aliphatic carbocycles. The van der Waals surface area contributed by atoms with E-state index < -0.39 is 0 Å². The molecule has 0 aliphatic heterocycles. The third kappa shape index (κ3) is 4.47. The Bertz CT molecular complexity index is 314. The summed E-state index contributed by atoms with van der Waals surface area (Å²) >= 11 is 7.01. The maximum Gasteiger partial charge on any atom is 0.169 e. The van der Waals surface area contributed by atoms with E-state index in [-0.39, 0.29) is 6.04 Å². The van der Waals surface area contributed by atoms with Gasteiger partial charge in [-0.25, -0.2) is 0 Å². The van der Waals surface area contributed by atoms with Crippen molar-refractivity contribution in [1.29, 1.82) is 0 Å². The summed E-state index contributed by atoms with van der Waals surface area (Å²) < 4.78 is 5.05. The minimum atomic E-state index is 0.238. The van der Waals surface area contributed by atoms with E-state index in [0.717, 1.165) is 11.7 Å². The van der Waals surface area contributed by atoms with Crippen molar-refractivity contribution < 1.29 is 4.74 Å². The van der Waals surface area contributed by atoms with E-state index in [0.29, 0.717) is 6.61 Å². The molecule has 0 saturated carbocycles. The molecule has 90 valence electrons.